The second kappa shape index (κ2) is 9.11. The molecule has 0 amide bonds. The fraction of sp³-hybridized carbons (Fsp3) is 0.128. The van der Waals surface area contributed by atoms with Crippen LogP contribution >= 0.6 is 0 Å². The first-order valence-corrected chi connectivity index (χ1v) is 14.6. The monoisotopic (exact) mass is 528 g/mol. The molecule has 1 unspecified atom stereocenters. The lowest BCUT2D eigenvalue weighted by Crippen LogP contribution is -2.16. The van der Waals surface area contributed by atoms with Gasteiger partial charge in [-0.05, 0) is 82.3 Å². The Balaban J connectivity index is 1.21. The summed E-state index contributed by atoms with van der Waals surface area (Å²) in [6, 6.07) is 40.8. The fourth-order valence-electron chi connectivity index (χ4n) is 6.92. The van der Waals surface area contributed by atoms with Gasteiger partial charge >= 0.3 is 0 Å². The number of anilines is 1. The van der Waals surface area contributed by atoms with Gasteiger partial charge in [0.25, 0.3) is 0 Å². The molecule has 1 N–H and O–H groups in total. The number of rotatable bonds is 4. The molecule has 0 aliphatic heterocycles. The molecule has 0 fully saturated rings. The van der Waals surface area contributed by atoms with E-state index in [-0.39, 0.29) is 5.41 Å². The molecule has 0 bridgehead atoms. The molecule has 2 nitrogen and oxygen atoms in total. The standard InChI is InChI=1S/C39H32N2/c1-39(2)35-14-8-6-12-31(35)32-22-21-30(25-36(32)39)41-37-15-9-7-13-33(37)34-24-27(18-23-38(34)41)26-16-19-29(20-17-26)40-28-10-4-3-5-11-28/h3-10,12-25,28,40H,11H2,1-2H3. The average molecular weight is 529 g/mol. The van der Waals surface area contributed by atoms with Crippen LogP contribution in [0.5, 0.6) is 0 Å². The Kier molecular flexibility index (Phi) is 5.33. The van der Waals surface area contributed by atoms with Gasteiger partial charge in [-0.15, -0.1) is 0 Å². The van der Waals surface area contributed by atoms with Crippen molar-refractivity contribution in [2.24, 2.45) is 0 Å². The zero-order valence-electron chi connectivity index (χ0n) is 23.4. The third-order valence-electron chi connectivity index (χ3n) is 9.05. The van der Waals surface area contributed by atoms with E-state index in [1.165, 1.54) is 60.9 Å². The van der Waals surface area contributed by atoms with Crippen molar-refractivity contribution in [3.05, 3.63) is 145 Å². The third-order valence-corrected chi connectivity index (χ3v) is 9.05. The first-order valence-electron chi connectivity index (χ1n) is 14.6. The van der Waals surface area contributed by atoms with Gasteiger partial charge in [0.05, 0.1) is 11.0 Å². The Morgan fingerprint density at radius 1 is 0.659 bits per heavy atom. The molecule has 1 aromatic heterocycles. The van der Waals surface area contributed by atoms with Crippen molar-refractivity contribution in [2.45, 2.75) is 31.7 Å². The minimum Gasteiger partial charge on any atom is -0.379 e. The van der Waals surface area contributed by atoms with Crippen LogP contribution < -0.4 is 5.32 Å². The number of para-hydroxylation sites is 1. The summed E-state index contributed by atoms with van der Waals surface area (Å²) in [5, 5.41) is 6.18. The maximum absolute atomic E-state index is 3.62. The first-order chi connectivity index (χ1) is 20.1. The van der Waals surface area contributed by atoms with Gasteiger partial charge in [-0.25, -0.2) is 0 Å². The molecule has 0 saturated heterocycles. The van der Waals surface area contributed by atoms with Crippen molar-refractivity contribution in [1.29, 1.82) is 0 Å². The highest BCUT2D eigenvalue weighted by molar-refractivity contribution is 6.10. The van der Waals surface area contributed by atoms with Crippen LogP contribution in [-0.2, 0) is 5.41 Å². The number of allylic oxidation sites excluding steroid dienone is 2. The number of nitrogens with one attached hydrogen (secondary N) is 1. The Hall–Kier alpha value is -4.82. The van der Waals surface area contributed by atoms with Gasteiger partial charge < -0.3 is 9.88 Å². The minimum absolute atomic E-state index is 0.0289. The van der Waals surface area contributed by atoms with E-state index >= 15 is 0 Å². The SMILES string of the molecule is CC1(C)c2ccccc2-c2ccc(-n3c4ccccc4c4cc(-c5ccc(NC6C=CC=CC6)cc5)ccc43)cc21. The minimum atomic E-state index is -0.0289. The van der Waals surface area contributed by atoms with Crippen LogP contribution in [0.3, 0.4) is 0 Å². The lowest BCUT2D eigenvalue weighted by atomic mass is 9.82. The van der Waals surface area contributed by atoms with Gasteiger partial charge in [-0.2, -0.15) is 0 Å². The van der Waals surface area contributed by atoms with Gasteiger partial charge in [0.15, 0.2) is 0 Å². The van der Waals surface area contributed by atoms with E-state index in [0.29, 0.717) is 6.04 Å². The number of nitrogens with zero attached hydrogens (tertiary/aromatic N) is 1. The van der Waals surface area contributed by atoms with E-state index in [4.69, 9.17) is 0 Å². The van der Waals surface area contributed by atoms with E-state index in [2.05, 4.69) is 157 Å². The summed E-state index contributed by atoms with van der Waals surface area (Å²) >= 11 is 0. The molecule has 2 aliphatic carbocycles. The van der Waals surface area contributed by atoms with Crippen LogP contribution in [0, 0.1) is 0 Å². The Labute approximate surface area is 241 Å². The van der Waals surface area contributed by atoms with E-state index in [9.17, 15) is 0 Å². The summed E-state index contributed by atoms with van der Waals surface area (Å²) in [6.45, 7) is 4.70. The summed E-state index contributed by atoms with van der Waals surface area (Å²) in [6.07, 6.45) is 9.68. The molecule has 2 aliphatic rings. The second-order valence-electron chi connectivity index (χ2n) is 11.9. The number of hydrogen-bond acceptors (Lipinski definition) is 1. The molecule has 8 rings (SSSR count). The lowest BCUT2D eigenvalue weighted by Gasteiger charge is -2.22. The summed E-state index contributed by atoms with van der Waals surface area (Å²) in [7, 11) is 0. The van der Waals surface area contributed by atoms with Gasteiger partial charge in [0.2, 0.25) is 0 Å². The number of aromatic nitrogens is 1. The van der Waals surface area contributed by atoms with Gasteiger partial charge in [-0.1, -0.05) is 105 Å². The van der Waals surface area contributed by atoms with E-state index in [1.807, 2.05) is 0 Å². The molecule has 198 valence electrons. The summed E-state index contributed by atoms with van der Waals surface area (Å²) < 4.78 is 2.44. The molecule has 41 heavy (non-hydrogen) atoms. The average Bonchev–Trinajstić information content (AvgIpc) is 3.46. The van der Waals surface area contributed by atoms with Crippen molar-refractivity contribution in [3.8, 4) is 27.9 Å². The topological polar surface area (TPSA) is 17.0 Å². The van der Waals surface area contributed by atoms with Crippen LogP contribution in [0.15, 0.2) is 133 Å². The van der Waals surface area contributed by atoms with Crippen LogP contribution in [0.4, 0.5) is 5.69 Å². The van der Waals surface area contributed by atoms with Crippen LogP contribution in [0.25, 0.3) is 49.7 Å². The van der Waals surface area contributed by atoms with Crippen molar-refractivity contribution in [3.63, 3.8) is 0 Å². The van der Waals surface area contributed by atoms with E-state index in [0.717, 1.165) is 12.1 Å². The van der Waals surface area contributed by atoms with Crippen LogP contribution in [-0.4, -0.2) is 10.6 Å². The lowest BCUT2D eigenvalue weighted by molar-refractivity contribution is 0.660. The molecule has 5 aromatic carbocycles. The highest BCUT2D eigenvalue weighted by atomic mass is 15.0. The number of benzene rings is 5. The Morgan fingerprint density at radius 3 is 2.27 bits per heavy atom. The second-order valence-corrected chi connectivity index (χ2v) is 11.9. The molecule has 6 aromatic rings. The number of hydrogen-bond donors (Lipinski definition) is 1. The first kappa shape index (κ1) is 24.0. The molecular weight excluding hydrogens is 496 g/mol. The van der Waals surface area contributed by atoms with Crippen molar-refractivity contribution >= 4 is 27.5 Å². The molecule has 0 radical (unpaired) electrons. The fourth-order valence-corrected chi connectivity index (χ4v) is 6.92. The summed E-state index contributed by atoms with van der Waals surface area (Å²) in [4.78, 5) is 0. The van der Waals surface area contributed by atoms with E-state index < -0.39 is 0 Å². The highest BCUT2D eigenvalue weighted by Gasteiger charge is 2.35. The van der Waals surface area contributed by atoms with Crippen LogP contribution in [0.1, 0.15) is 31.4 Å². The maximum Gasteiger partial charge on any atom is 0.0541 e. The van der Waals surface area contributed by atoms with Crippen molar-refractivity contribution in [2.75, 3.05) is 5.32 Å². The molecular formula is C39H32N2. The summed E-state index contributed by atoms with van der Waals surface area (Å²) in [5.41, 5.74) is 12.8. The molecule has 2 heteroatoms. The molecule has 1 atom stereocenters. The van der Waals surface area contributed by atoms with Crippen molar-refractivity contribution < 1.29 is 0 Å². The van der Waals surface area contributed by atoms with E-state index in [1.54, 1.807) is 0 Å². The zero-order chi connectivity index (χ0) is 27.6. The smallest absolute Gasteiger partial charge is 0.0541 e. The molecule has 1 heterocycles. The van der Waals surface area contributed by atoms with Crippen molar-refractivity contribution in [1.82, 2.24) is 4.57 Å². The highest BCUT2D eigenvalue weighted by Crippen LogP contribution is 2.49. The quantitative estimate of drug-likeness (QED) is 0.241. The largest absolute Gasteiger partial charge is 0.379 e. The maximum atomic E-state index is 3.62. The van der Waals surface area contributed by atoms with Crippen LogP contribution in [0.2, 0.25) is 0 Å². The predicted molar refractivity (Wildman–Crippen MR) is 174 cm³/mol. The molecule has 0 saturated carbocycles. The Bertz CT molecular complexity index is 2020. The predicted octanol–water partition coefficient (Wildman–Crippen LogP) is 10.1. The van der Waals surface area contributed by atoms with Gasteiger partial charge in [0.1, 0.15) is 0 Å². The molecule has 0 spiro atoms. The number of fused-ring (bicyclic) bond motifs is 6. The summed E-state index contributed by atoms with van der Waals surface area (Å²) in [5.74, 6) is 0. The third kappa shape index (κ3) is 3.78. The van der Waals surface area contributed by atoms with Gasteiger partial charge in [0, 0.05) is 33.6 Å². The normalized spacial score (nSPS) is 16.7. The zero-order valence-corrected chi connectivity index (χ0v) is 23.4. The van der Waals surface area contributed by atoms with Gasteiger partial charge in [-0.3, -0.25) is 0 Å². The Morgan fingerprint density at radius 2 is 1.41 bits per heavy atom.